The molecule has 1 atom stereocenters. The molecule has 0 aliphatic carbocycles. The number of aromatic nitrogens is 2. The zero-order valence-corrected chi connectivity index (χ0v) is 10.4. The highest BCUT2D eigenvalue weighted by Gasteiger charge is 2.13. The number of halogens is 1. The maximum atomic E-state index is 11.6. The van der Waals surface area contributed by atoms with Gasteiger partial charge in [-0.25, -0.2) is 0 Å². The van der Waals surface area contributed by atoms with E-state index in [9.17, 15) is 4.79 Å². The topological polar surface area (TPSA) is 57.8 Å². The van der Waals surface area contributed by atoms with E-state index in [1.807, 2.05) is 13.2 Å². The Morgan fingerprint density at radius 3 is 3.07 bits per heavy atom. The van der Waals surface area contributed by atoms with Gasteiger partial charge in [0.15, 0.2) is 0 Å². The summed E-state index contributed by atoms with van der Waals surface area (Å²) in [6.07, 6.45) is 3.56. The minimum Gasteiger partial charge on any atom is -0.322 e. The average Bonchev–Trinajstić information content (AvgIpc) is 2.52. The van der Waals surface area contributed by atoms with E-state index < -0.39 is 0 Å². The number of H-pyrrole nitrogens is 1. The molecule has 0 aliphatic heterocycles. The number of nitrogens with one attached hydrogen (secondary N) is 2. The largest absolute Gasteiger partial charge is 0.322 e. The molecule has 2 N–H and O–H groups in total. The van der Waals surface area contributed by atoms with Gasteiger partial charge in [0.25, 0.3) is 0 Å². The second kappa shape index (κ2) is 5.41. The van der Waals surface area contributed by atoms with E-state index in [0.29, 0.717) is 10.3 Å². The van der Waals surface area contributed by atoms with E-state index in [0.717, 1.165) is 5.75 Å². The summed E-state index contributed by atoms with van der Waals surface area (Å²) in [5.74, 6) is 0.842. The SMILES string of the molecule is CSCC(C)C(=O)Nc1cn[nH]c1Br. The van der Waals surface area contributed by atoms with Crippen molar-refractivity contribution in [3.63, 3.8) is 0 Å². The zero-order chi connectivity index (χ0) is 10.6. The average molecular weight is 278 g/mol. The monoisotopic (exact) mass is 277 g/mol. The van der Waals surface area contributed by atoms with Gasteiger partial charge in [-0.3, -0.25) is 9.89 Å². The molecule has 4 nitrogen and oxygen atoms in total. The van der Waals surface area contributed by atoms with Crippen LogP contribution >= 0.6 is 27.7 Å². The zero-order valence-electron chi connectivity index (χ0n) is 8.00. The summed E-state index contributed by atoms with van der Waals surface area (Å²) in [5, 5.41) is 9.26. The lowest BCUT2D eigenvalue weighted by molar-refractivity contribution is -0.118. The molecular weight excluding hydrogens is 266 g/mol. The molecule has 0 saturated carbocycles. The number of thioether (sulfide) groups is 1. The number of anilines is 1. The van der Waals surface area contributed by atoms with E-state index in [4.69, 9.17) is 0 Å². The van der Waals surface area contributed by atoms with Gasteiger partial charge in [-0.15, -0.1) is 0 Å². The number of nitrogens with zero attached hydrogens (tertiary/aromatic N) is 1. The molecule has 1 unspecified atom stereocenters. The van der Waals surface area contributed by atoms with Gasteiger partial charge in [0.1, 0.15) is 4.60 Å². The summed E-state index contributed by atoms with van der Waals surface area (Å²) in [7, 11) is 0. The Morgan fingerprint density at radius 2 is 2.57 bits per heavy atom. The van der Waals surface area contributed by atoms with Crippen molar-refractivity contribution in [1.29, 1.82) is 0 Å². The number of amides is 1. The number of carbonyl (C=O) groups excluding carboxylic acids is 1. The molecular formula is C8H12BrN3OS. The Morgan fingerprint density at radius 1 is 1.86 bits per heavy atom. The minimum atomic E-state index is 0.00630. The Hall–Kier alpha value is -0.490. The quantitative estimate of drug-likeness (QED) is 0.886. The summed E-state index contributed by atoms with van der Waals surface area (Å²) >= 11 is 4.90. The maximum absolute atomic E-state index is 11.6. The van der Waals surface area contributed by atoms with Gasteiger partial charge in [-0.05, 0) is 22.2 Å². The summed E-state index contributed by atoms with van der Waals surface area (Å²) in [6, 6.07) is 0. The van der Waals surface area contributed by atoms with Crippen LogP contribution in [0.2, 0.25) is 0 Å². The molecule has 0 bridgehead atoms. The molecule has 0 fully saturated rings. The van der Waals surface area contributed by atoms with Gasteiger partial charge in [-0.1, -0.05) is 6.92 Å². The summed E-state index contributed by atoms with van der Waals surface area (Å²) in [6.45, 7) is 1.90. The first-order chi connectivity index (χ1) is 6.65. The van der Waals surface area contributed by atoms with Gasteiger partial charge >= 0.3 is 0 Å². The molecule has 1 aromatic heterocycles. The lowest BCUT2D eigenvalue weighted by atomic mass is 10.2. The summed E-state index contributed by atoms with van der Waals surface area (Å²) < 4.78 is 0.696. The fourth-order valence-electron chi connectivity index (χ4n) is 0.939. The third kappa shape index (κ3) is 3.02. The van der Waals surface area contributed by atoms with Gasteiger partial charge in [0, 0.05) is 11.7 Å². The van der Waals surface area contributed by atoms with Crippen LogP contribution in [0.5, 0.6) is 0 Å². The lowest BCUT2D eigenvalue weighted by Gasteiger charge is -2.09. The summed E-state index contributed by atoms with van der Waals surface area (Å²) in [5.41, 5.74) is 0.683. The third-order valence-electron chi connectivity index (χ3n) is 1.71. The highest BCUT2D eigenvalue weighted by atomic mass is 79.9. The van der Waals surface area contributed by atoms with E-state index in [-0.39, 0.29) is 11.8 Å². The fraction of sp³-hybridized carbons (Fsp3) is 0.500. The van der Waals surface area contributed by atoms with Crippen molar-refractivity contribution in [2.75, 3.05) is 17.3 Å². The Bertz CT molecular complexity index is 315. The van der Waals surface area contributed by atoms with Crippen molar-refractivity contribution >= 4 is 39.3 Å². The molecule has 0 aliphatic rings. The Balaban J connectivity index is 2.53. The third-order valence-corrected chi connectivity index (χ3v) is 3.15. The van der Waals surface area contributed by atoms with Crippen LogP contribution in [-0.4, -0.2) is 28.1 Å². The van der Waals surface area contributed by atoms with E-state index in [2.05, 4.69) is 31.4 Å². The number of hydrogen-bond acceptors (Lipinski definition) is 3. The van der Waals surface area contributed by atoms with Crippen molar-refractivity contribution in [3.05, 3.63) is 10.8 Å². The smallest absolute Gasteiger partial charge is 0.228 e. The van der Waals surface area contributed by atoms with Crippen LogP contribution in [0, 0.1) is 5.92 Å². The van der Waals surface area contributed by atoms with Crippen molar-refractivity contribution in [1.82, 2.24) is 10.2 Å². The van der Waals surface area contributed by atoms with Gasteiger partial charge in [-0.2, -0.15) is 16.9 Å². The molecule has 1 aromatic rings. The minimum absolute atomic E-state index is 0.00630. The maximum Gasteiger partial charge on any atom is 0.228 e. The number of hydrogen-bond donors (Lipinski definition) is 2. The molecule has 14 heavy (non-hydrogen) atoms. The van der Waals surface area contributed by atoms with Crippen molar-refractivity contribution < 1.29 is 4.79 Å². The highest BCUT2D eigenvalue weighted by Crippen LogP contribution is 2.19. The Kier molecular flexibility index (Phi) is 4.47. The molecule has 1 rings (SSSR count). The predicted molar refractivity (Wildman–Crippen MR) is 62.5 cm³/mol. The van der Waals surface area contributed by atoms with E-state index in [1.54, 1.807) is 18.0 Å². The van der Waals surface area contributed by atoms with Crippen molar-refractivity contribution in [3.8, 4) is 0 Å². The normalized spacial score (nSPS) is 12.5. The molecule has 0 spiro atoms. The molecule has 0 saturated heterocycles. The number of carbonyl (C=O) groups is 1. The van der Waals surface area contributed by atoms with Crippen LogP contribution in [-0.2, 0) is 4.79 Å². The standard InChI is InChI=1S/C8H12BrN3OS/c1-5(4-14-2)8(13)11-6-3-10-12-7(6)9/h3,5H,4H2,1-2H3,(H,10,12)(H,11,13). The lowest BCUT2D eigenvalue weighted by Crippen LogP contribution is -2.21. The molecule has 6 heteroatoms. The second-order valence-electron chi connectivity index (χ2n) is 2.94. The van der Waals surface area contributed by atoms with Crippen molar-refractivity contribution in [2.24, 2.45) is 5.92 Å². The molecule has 0 aromatic carbocycles. The first kappa shape index (κ1) is 11.6. The Labute approximate surface area is 95.4 Å². The van der Waals surface area contributed by atoms with E-state index >= 15 is 0 Å². The van der Waals surface area contributed by atoms with Crippen LogP contribution in [0.25, 0.3) is 0 Å². The second-order valence-corrected chi connectivity index (χ2v) is 4.65. The highest BCUT2D eigenvalue weighted by molar-refractivity contribution is 9.10. The molecule has 78 valence electrons. The first-order valence-electron chi connectivity index (χ1n) is 4.13. The van der Waals surface area contributed by atoms with Gasteiger partial charge < -0.3 is 5.32 Å². The van der Waals surface area contributed by atoms with Crippen LogP contribution < -0.4 is 5.32 Å². The van der Waals surface area contributed by atoms with Gasteiger partial charge in [0.2, 0.25) is 5.91 Å². The van der Waals surface area contributed by atoms with E-state index in [1.165, 1.54) is 0 Å². The molecule has 1 amide bonds. The molecule has 0 radical (unpaired) electrons. The van der Waals surface area contributed by atoms with Crippen LogP contribution in [0.15, 0.2) is 10.8 Å². The fourth-order valence-corrected chi connectivity index (χ4v) is 1.89. The molecule has 1 heterocycles. The van der Waals surface area contributed by atoms with Crippen LogP contribution in [0.3, 0.4) is 0 Å². The van der Waals surface area contributed by atoms with Crippen molar-refractivity contribution in [2.45, 2.75) is 6.92 Å². The number of rotatable bonds is 4. The van der Waals surface area contributed by atoms with Crippen LogP contribution in [0.1, 0.15) is 6.92 Å². The number of aromatic amines is 1. The summed E-state index contributed by atoms with van der Waals surface area (Å²) in [4.78, 5) is 11.6. The first-order valence-corrected chi connectivity index (χ1v) is 6.32. The predicted octanol–water partition coefficient (Wildman–Crippen LogP) is 2.11. The van der Waals surface area contributed by atoms with Crippen LogP contribution in [0.4, 0.5) is 5.69 Å². The van der Waals surface area contributed by atoms with Gasteiger partial charge in [0.05, 0.1) is 11.9 Å².